The summed E-state index contributed by atoms with van der Waals surface area (Å²) in [6, 6.07) is 18.3. The molecule has 150 valence electrons. The van der Waals surface area contributed by atoms with Crippen molar-refractivity contribution in [3.63, 3.8) is 0 Å². The molecule has 0 unspecified atom stereocenters. The quantitative estimate of drug-likeness (QED) is 0.392. The van der Waals surface area contributed by atoms with Gasteiger partial charge in [0.2, 0.25) is 5.89 Å². The van der Waals surface area contributed by atoms with Gasteiger partial charge >= 0.3 is 0 Å². The number of nitrogens with zero attached hydrogens (tertiary/aromatic N) is 1. The number of aryl methyl sites for hydroxylation is 2. The lowest BCUT2D eigenvalue weighted by molar-refractivity contribution is 0.0977. The minimum atomic E-state index is -0.267. The number of hydrogen-bond donors (Lipinski definition) is 2. The van der Waals surface area contributed by atoms with Gasteiger partial charge in [-0.3, -0.25) is 10.1 Å². The third kappa shape index (κ3) is 4.35. The van der Waals surface area contributed by atoms with Crippen LogP contribution >= 0.6 is 23.8 Å². The first-order valence-corrected chi connectivity index (χ1v) is 10.0. The molecule has 1 amide bonds. The van der Waals surface area contributed by atoms with Crippen LogP contribution in [-0.4, -0.2) is 16.0 Å². The van der Waals surface area contributed by atoms with E-state index in [0.29, 0.717) is 27.6 Å². The predicted octanol–water partition coefficient (Wildman–Crippen LogP) is 5.89. The Morgan fingerprint density at radius 2 is 1.80 bits per heavy atom. The van der Waals surface area contributed by atoms with Crippen molar-refractivity contribution in [3.8, 4) is 11.5 Å². The summed E-state index contributed by atoms with van der Waals surface area (Å²) in [5.74, 6) is 0.210. The maximum atomic E-state index is 12.4. The van der Waals surface area contributed by atoms with E-state index >= 15 is 0 Å². The van der Waals surface area contributed by atoms with Crippen LogP contribution in [0, 0.1) is 13.8 Å². The van der Waals surface area contributed by atoms with E-state index < -0.39 is 0 Å². The van der Waals surface area contributed by atoms with Crippen LogP contribution < -0.4 is 10.6 Å². The lowest BCUT2D eigenvalue weighted by Gasteiger charge is -2.12. The predicted molar refractivity (Wildman–Crippen MR) is 124 cm³/mol. The number of carbonyl (C=O) groups excluding carboxylic acids is 1. The number of oxazole rings is 1. The third-order valence-electron chi connectivity index (χ3n) is 4.62. The molecule has 4 rings (SSSR count). The van der Waals surface area contributed by atoms with Gasteiger partial charge in [0.25, 0.3) is 5.91 Å². The number of halogens is 1. The maximum absolute atomic E-state index is 12.4. The van der Waals surface area contributed by atoms with Crippen molar-refractivity contribution in [2.45, 2.75) is 13.8 Å². The van der Waals surface area contributed by atoms with Crippen LogP contribution in [0.15, 0.2) is 65.1 Å². The highest BCUT2D eigenvalue weighted by Crippen LogP contribution is 2.29. The fourth-order valence-electron chi connectivity index (χ4n) is 2.95. The maximum Gasteiger partial charge on any atom is 0.257 e. The van der Waals surface area contributed by atoms with Crippen LogP contribution in [0.2, 0.25) is 5.02 Å². The van der Waals surface area contributed by atoms with Gasteiger partial charge in [0.05, 0.1) is 0 Å². The van der Waals surface area contributed by atoms with Gasteiger partial charge in [0, 0.05) is 21.8 Å². The van der Waals surface area contributed by atoms with Gasteiger partial charge in [-0.05, 0) is 74.1 Å². The van der Waals surface area contributed by atoms with Gasteiger partial charge < -0.3 is 9.73 Å². The molecule has 0 aliphatic carbocycles. The summed E-state index contributed by atoms with van der Waals surface area (Å²) in [4.78, 5) is 16.9. The second kappa shape index (κ2) is 8.26. The summed E-state index contributed by atoms with van der Waals surface area (Å²) in [7, 11) is 0. The van der Waals surface area contributed by atoms with Crippen molar-refractivity contribution in [1.82, 2.24) is 10.3 Å². The lowest BCUT2D eigenvalue weighted by Crippen LogP contribution is -2.34. The van der Waals surface area contributed by atoms with Crippen molar-refractivity contribution in [2.75, 3.05) is 5.32 Å². The number of rotatable bonds is 3. The first-order chi connectivity index (χ1) is 14.4. The Morgan fingerprint density at radius 1 is 1.03 bits per heavy atom. The number of carbonyl (C=O) groups is 1. The molecule has 2 N–H and O–H groups in total. The molecule has 0 spiro atoms. The number of nitrogens with one attached hydrogen (secondary N) is 2. The highest BCUT2D eigenvalue weighted by atomic mass is 35.5. The van der Waals surface area contributed by atoms with Gasteiger partial charge in [-0.25, -0.2) is 4.98 Å². The topological polar surface area (TPSA) is 67.2 Å². The molecule has 5 nitrogen and oxygen atoms in total. The third-order valence-corrected chi connectivity index (χ3v) is 5.06. The average molecular weight is 436 g/mol. The normalized spacial score (nSPS) is 10.8. The van der Waals surface area contributed by atoms with E-state index in [-0.39, 0.29) is 11.0 Å². The SMILES string of the molecule is Cc1ccc(C(=O)NC(=S)Nc2cc(-c3nc4cc(Cl)ccc4o3)ccc2C)cc1. The molecule has 0 radical (unpaired) electrons. The molecule has 1 aromatic heterocycles. The van der Waals surface area contributed by atoms with E-state index in [1.165, 1.54) is 0 Å². The molecule has 0 saturated heterocycles. The van der Waals surface area contributed by atoms with Crippen molar-refractivity contribution >= 4 is 51.6 Å². The van der Waals surface area contributed by atoms with Crippen molar-refractivity contribution in [1.29, 1.82) is 0 Å². The Bertz CT molecular complexity index is 1270. The molecule has 0 aliphatic rings. The Kier molecular flexibility index (Phi) is 5.53. The van der Waals surface area contributed by atoms with Crippen LogP contribution in [-0.2, 0) is 0 Å². The van der Waals surface area contributed by atoms with Gasteiger partial charge in [-0.1, -0.05) is 35.4 Å². The molecule has 0 saturated carbocycles. The first kappa shape index (κ1) is 20.1. The van der Waals surface area contributed by atoms with E-state index in [2.05, 4.69) is 15.6 Å². The minimum absolute atomic E-state index is 0.213. The molecule has 1 heterocycles. The van der Waals surface area contributed by atoms with Crippen molar-refractivity contribution in [3.05, 3.63) is 82.4 Å². The zero-order valence-electron chi connectivity index (χ0n) is 16.3. The number of anilines is 1. The van der Waals surface area contributed by atoms with Gasteiger partial charge in [0.15, 0.2) is 10.7 Å². The number of aromatic nitrogens is 1. The van der Waals surface area contributed by atoms with Crippen LogP contribution in [0.25, 0.3) is 22.6 Å². The number of fused-ring (bicyclic) bond motifs is 1. The second-order valence-corrected chi connectivity index (χ2v) is 7.78. The summed E-state index contributed by atoms with van der Waals surface area (Å²) < 4.78 is 5.84. The highest BCUT2D eigenvalue weighted by molar-refractivity contribution is 7.80. The van der Waals surface area contributed by atoms with Crippen LogP contribution in [0.4, 0.5) is 5.69 Å². The monoisotopic (exact) mass is 435 g/mol. The lowest BCUT2D eigenvalue weighted by atomic mass is 10.1. The summed E-state index contributed by atoms with van der Waals surface area (Å²) in [6.07, 6.45) is 0. The molecule has 0 aliphatic heterocycles. The van der Waals surface area contributed by atoms with Crippen LogP contribution in [0.1, 0.15) is 21.5 Å². The number of amides is 1. The Morgan fingerprint density at radius 3 is 2.57 bits per heavy atom. The Balaban J connectivity index is 1.53. The Labute approximate surface area is 184 Å². The summed E-state index contributed by atoms with van der Waals surface area (Å²) in [5, 5.41) is 6.60. The summed E-state index contributed by atoms with van der Waals surface area (Å²) in [6.45, 7) is 3.91. The summed E-state index contributed by atoms with van der Waals surface area (Å²) >= 11 is 11.4. The standard InChI is InChI=1S/C23H18ClN3O2S/c1-13-3-6-15(7-4-13)21(28)27-23(30)26-18-11-16(8-5-14(18)2)22-25-19-12-17(24)9-10-20(19)29-22/h3-12H,1-2H3,(H2,26,27,28,30). The summed E-state index contributed by atoms with van der Waals surface area (Å²) in [5.41, 5.74) is 5.47. The van der Waals surface area contributed by atoms with Crippen molar-refractivity contribution < 1.29 is 9.21 Å². The molecular weight excluding hydrogens is 418 g/mol. The molecular formula is C23H18ClN3O2S. The molecule has 0 fully saturated rings. The fourth-order valence-corrected chi connectivity index (χ4v) is 3.32. The first-order valence-electron chi connectivity index (χ1n) is 9.25. The molecule has 0 bridgehead atoms. The van der Waals surface area contributed by atoms with Gasteiger partial charge in [-0.15, -0.1) is 0 Å². The smallest absolute Gasteiger partial charge is 0.257 e. The second-order valence-electron chi connectivity index (χ2n) is 6.94. The largest absolute Gasteiger partial charge is 0.436 e. The van der Waals surface area contributed by atoms with Crippen LogP contribution in [0.3, 0.4) is 0 Å². The van der Waals surface area contributed by atoms with E-state index in [4.69, 9.17) is 28.2 Å². The number of hydrogen-bond acceptors (Lipinski definition) is 4. The molecule has 3 aromatic carbocycles. The Hall–Kier alpha value is -3.22. The van der Waals surface area contributed by atoms with Gasteiger partial charge in [0.1, 0.15) is 5.52 Å². The molecule has 0 atom stereocenters. The van der Waals surface area contributed by atoms with E-state index in [1.807, 2.05) is 44.2 Å². The van der Waals surface area contributed by atoms with Crippen LogP contribution in [0.5, 0.6) is 0 Å². The molecule has 7 heteroatoms. The van der Waals surface area contributed by atoms with Crippen molar-refractivity contribution in [2.24, 2.45) is 0 Å². The number of benzene rings is 3. The van der Waals surface area contributed by atoms with E-state index in [0.717, 1.165) is 22.4 Å². The number of thiocarbonyl (C=S) groups is 1. The fraction of sp³-hybridized carbons (Fsp3) is 0.0870. The zero-order valence-corrected chi connectivity index (χ0v) is 17.9. The van der Waals surface area contributed by atoms with E-state index in [9.17, 15) is 4.79 Å². The molecule has 4 aromatic rings. The minimum Gasteiger partial charge on any atom is -0.436 e. The zero-order chi connectivity index (χ0) is 21.3. The highest BCUT2D eigenvalue weighted by Gasteiger charge is 2.12. The average Bonchev–Trinajstić information content (AvgIpc) is 3.13. The molecule has 30 heavy (non-hydrogen) atoms. The van der Waals surface area contributed by atoms with Gasteiger partial charge in [-0.2, -0.15) is 0 Å². The van der Waals surface area contributed by atoms with E-state index in [1.54, 1.807) is 30.3 Å².